The first kappa shape index (κ1) is 14.9. The summed E-state index contributed by atoms with van der Waals surface area (Å²) in [5.41, 5.74) is 1.89. The highest BCUT2D eigenvalue weighted by Gasteiger charge is 2.23. The minimum atomic E-state index is -0.0600. The molecular formula is C16H24N2O2. The van der Waals surface area contributed by atoms with Gasteiger partial charge in [0, 0.05) is 11.3 Å². The van der Waals surface area contributed by atoms with Crippen LogP contribution in [0.15, 0.2) is 18.2 Å². The Bertz CT molecular complexity index is 486. The van der Waals surface area contributed by atoms with E-state index >= 15 is 0 Å². The Kier molecular flexibility index (Phi) is 4.33. The van der Waals surface area contributed by atoms with E-state index in [0.717, 1.165) is 36.4 Å². The third-order valence-corrected chi connectivity index (χ3v) is 3.65. The van der Waals surface area contributed by atoms with Gasteiger partial charge in [0.05, 0.1) is 13.2 Å². The van der Waals surface area contributed by atoms with Crippen molar-refractivity contribution in [1.82, 2.24) is 5.32 Å². The van der Waals surface area contributed by atoms with Crippen molar-refractivity contribution in [3.8, 4) is 5.75 Å². The Morgan fingerprint density at radius 3 is 2.70 bits per heavy atom. The van der Waals surface area contributed by atoms with Crippen molar-refractivity contribution in [1.29, 1.82) is 0 Å². The summed E-state index contributed by atoms with van der Waals surface area (Å²) in [6, 6.07) is 5.75. The van der Waals surface area contributed by atoms with E-state index in [-0.39, 0.29) is 17.4 Å². The smallest absolute Gasteiger partial charge is 0.241 e. The fourth-order valence-corrected chi connectivity index (χ4v) is 2.51. The van der Waals surface area contributed by atoms with Gasteiger partial charge in [0.1, 0.15) is 5.75 Å². The molecule has 110 valence electrons. The monoisotopic (exact) mass is 276 g/mol. The lowest BCUT2D eigenvalue weighted by Crippen LogP contribution is -2.35. The highest BCUT2D eigenvalue weighted by molar-refractivity contribution is 5.95. The molecule has 2 N–H and O–H groups in total. The van der Waals surface area contributed by atoms with Crippen molar-refractivity contribution in [3.05, 3.63) is 23.8 Å². The molecule has 0 spiro atoms. The number of methoxy groups -OCH3 is 1. The highest BCUT2D eigenvalue weighted by Crippen LogP contribution is 2.33. The zero-order valence-electron chi connectivity index (χ0n) is 12.7. The second kappa shape index (κ2) is 5.83. The molecule has 4 nitrogen and oxygen atoms in total. The molecule has 1 unspecified atom stereocenters. The number of ether oxygens (including phenoxy) is 1. The summed E-state index contributed by atoms with van der Waals surface area (Å²) in [6.07, 6.45) is 1.97. The predicted molar refractivity (Wildman–Crippen MR) is 81.3 cm³/mol. The van der Waals surface area contributed by atoms with E-state index in [1.165, 1.54) is 0 Å². The minimum absolute atomic E-state index is 0.0301. The van der Waals surface area contributed by atoms with Gasteiger partial charge in [0.2, 0.25) is 5.91 Å². The summed E-state index contributed by atoms with van der Waals surface area (Å²) in [5.74, 6) is 0.905. The van der Waals surface area contributed by atoms with Crippen LogP contribution in [0, 0.1) is 0 Å². The largest absolute Gasteiger partial charge is 0.496 e. The van der Waals surface area contributed by atoms with Crippen LogP contribution in [0.2, 0.25) is 0 Å². The molecule has 0 radical (unpaired) electrons. The van der Waals surface area contributed by atoms with Gasteiger partial charge in [-0.1, -0.05) is 20.8 Å². The molecule has 0 aliphatic carbocycles. The van der Waals surface area contributed by atoms with Gasteiger partial charge in [-0.05, 0) is 43.0 Å². The molecule has 20 heavy (non-hydrogen) atoms. The standard InChI is InChI=1S/C16H24N2O2/c1-16(2,3)12-10-11(7-8-14(12)20-4)18-15(19)13-6-5-9-17-13/h7-8,10,13,17H,5-6,9H2,1-4H3,(H,18,19). The average Bonchev–Trinajstić information content (AvgIpc) is 2.91. The quantitative estimate of drug-likeness (QED) is 0.892. The van der Waals surface area contributed by atoms with E-state index in [0.29, 0.717) is 0 Å². The molecule has 1 aliphatic heterocycles. The molecule has 1 amide bonds. The Morgan fingerprint density at radius 1 is 1.40 bits per heavy atom. The van der Waals surface area contributed by atoms with Gasteiger partial charge in [-0.15, -0.1) is 0 Å². The average molecular weight is 276 g/mol. The van der Waals surface area contributed by atoms with E-state index < -0.39 is 0 Å². The van der Waals surface area contributed by atoms with E-state index in [9.17, 15) is 4.79 Å². The zero-order chi connectivity index (χ0) is 14.8. The number of carbonyl (C=O) groups excluding carboxylic acids is 1. The number of carbonyl (C=O) groups is 1. The van der Waals surface area contributed by atoms with E-state index in [4.69, 9.17) is 4.74 Å². The molecule has 1 heterocycles. The molecule has 1 aromatic carbocycles. The van der Waals surface area contributed by atoms with Crippen LogP contribution in [0.25, 0.3) is 0 Å². The number of benzene rings is 1. The lowest BCUT2D eigenvalue weighted by atomic mass is 9.86. The lowest BCUT2D eigenvalue weighted by Gasteiger charge is -2.23. The van der Waals surface area contributed by atoms with E-state index in [1.54, 1.807) is 7.11 Å². The highest BCUT2D eigenvalue weighted by atomic mass is 16.5. The van der Waals surface area contributed by atoms with Gasteiger partial charge in [-0.3, -0.25) is 4.79 Å². The van der Waals surface area contributed by atoms with Crippen molar-refractivity contribution in [3.63, 3.8) is 0 Å². The maximum Gasteiger partial charge on any atom is 0.241 e. The summed E-state index contributed by atoms with van der Waals surface area (Å²) in [5, 5.41) is 6.20. The summed E-state index contributed by atoms with van der Waals surface area (Å²) in [4.78, 5) is 12.1. The number of hydrogen-bond acceptors (Lipinski definition) is 3. The Hall–Kier alpha value is -1.55. The van der Waals surface area contributed by atoms with Crippen LogP contribution in [0.1, 0.15) is 39.2 Å². The van der Waals surface area contributed by atoms with Crippen LogP contribution in [-0.2, 0) is 10.2 Å². The van der Waals surface area contributed by atoms with Gasteiger partial charge in [-0.25, -0.2) is 0 Å². The molecule has 1 saturated heterocycles. The topological polar surface area (TPSA) is 50.4 Å². The van der Waals surface area contributed by atoms with Crippen molar-refractivity contribution >= 4 is 11.6 Å². The third kappa shape index (κ3) is 3.31. The Labute approximate surface area is 120 Å². The minimum Gasteiger partial charge on any atom is -0.496 e. The van der Waals surface area contributed by atoms with Gasteiger partial charge in [-0.2, -0.15) is 0 Å². The maximum absolute atomic E-state index is 12.1. The number of nitrogens with one attached hydrogen (secondary N) is 2. The van der Waals surface area contributed by atoms with Crippen molar-refractivity contribution in [2.24, 2.45) is 0 Å². The van der Waals surface area contributed by atoms with Gasteiger partial charge >= 0.3 is 0 Å². The second-order valence-electron chi connectivity index (χ2n) is 6.30. The van der Waals surface area contributed by atoms with E-state index in [1.807, 2.05) is 18.2 Å². The number of hydrogen-bond donors (Lipinski definition) is 2. The number of amides is 1. The molecule has 0 saturated carbocycles. The fourth-order valence-electron chi connectivity index (χ4n) is 2.51. The molecular weight excluding hydrogens is 252 g/mol. The molecule has 4 heteroatoms. The van der Waals surface area contributed by atoms with Crippen LogP contribution < -0.4 is 15.4 Å². The molecule has 0 bridgehead atoms. The van der Waals surface area contributed by atoms with Gasteiger partial charge in [0.25, 0.3) is 0 Å². The number of rotatable bonds is 3. The SMILES string of the molecule is COc1ccc(NC(=O)C2CCCN2)cc1C(C)(C)C. The summed E-state index contributed by atoms with van der Waals surface area (Å²) < 4.78 is 5.41. The van der Waals surface area contributed by atoms with Crippen LogP contribution in [0.5, 0.6) is 5.75 Å². The first-order valence-corrected chi connectivity index (χ1v) is 7.14. The predicted octanol–water partition coefficient (Wildman–Crippen LogP) is 2.68. The molecule has 0 aromatic heterocycles. The normalized spacial score (nSPS) is 18.9. The summed E-state index contributed by atoms with van der Waals surface area (Å²) in [7, 11) is 1.67. The van der Waals surface area contributed by atoms with Crippen LogP contribution in [-0.4, -0.2) is 25.6 Å². The third-order valence-electron chi connectivity index (χ3n) is 3.65. The van der Waals surface area contributed by atoms with Crippen molar-refractivity contribution < 1.29 is 9.53 Å². The van der Waals surface area contributed by atoms with Gasteiger partial charge in [0.15, 0.2) is 0 Å². The fraction of sp³-hybridized carbons (Fsp3) is 0.562. The molecule has 1 fully saturated rings. The molecule has 1 atom stereocenters. The Balaban J connectivity index is 2.18. The second-order valence-corrected chi connectivity index (χ2v) is 6.30. The van der Waals surface area contributed by atoms with Crippen molar-refractivity contribution in [2.75, 3.05) is 19.0 Å². The van der Waals surface area contributed by atoms with Gasteiger partial charge < -0.3 is 15.4 Å². The van der Waals surface area contributed by atoms with Crippen LogP contribution >= 0.6 is 0 Å². The maximum atomic E-state index is 12.1. The molecule has 2 rings (SSSR count). The first-order chi connectivity index (χ1) is 9.41. The number of anilines is 1. The summed E-state index contributed by atoms with van der Waals surface area (Å²) in [6.45, 7) is 7.33. The molecule has 1 aromatic rings. The molecule has 1 aliphatic rings. The Morgan fingerprint density at radius 2 is 2.15 bits per heavy atom. The van der Waals surface area contributed by atoms with Crippen LogP contribution in [0.4, 0.5) is 5.69 Å². The first-order valence-electron chi connectivity index (χ1n) is 7.14. The van der Waals surface area contributed by atoms with Crippen LogP contribution in [0.3, 0.4) is 0 Å². The van der Waals surface area contributed by atoms with E-state index in [2.05, 4.69) is 31.4 Å². The lowest BCUT2D eigenvalue weighted by molar-refractivity contribution is -0.117. The summed E-state index contributed by atoms with van der Waals surface area (Å²) >= 11 is 0. The zero-order valence-corrected chi connectivity index (χ0v) is 12.7. The van der Waals surface area contributed by atoms with Crippen molar-refractivity contribution in [2.45, 2.75) is 45.1 Å².